The Labute approximate surface area is 156 Å². The molecule has 0 radical (unpaired) electrons. The van der Waals surface area contributed by atoms with Crippen molar-refractivity contribution in [3.63, 3.8) is 0 Å². The van der Waals surface area contributed by atoms with Crippen molar-refractivity contribution in [3.05, 3.63) is 30.3 Å². The Bertz CT molecular complexity index is 646. The molecule has 0 aliphatic carbocycles. The van der Waals surface area contributed by atoms with Gasteiger partial charge < -0.3 is 4.90 Å². The molecule has 1 heterocycles. The molecule has 1 unspecified atom stereocenters. The van der Waals surface area contributed by atoms with Crippen LogP contribution in [0.5, 0.6) is 0 Å². The zero-order valence-electron chi connectivity index (χ0n) is 15.3. The second kappa shape index (κ2) is 9.89. The summed E-state index contributed by atoms with van der Waals surface area (Å²) in [5.41, 5.74) is 1.09. The molecule has 1 aliphatic heterocycles. The number of hydrogen-bond acceptors (Lipinski definition) is 5. The first-order valence-corrected chi connectivity index (χ1v) is 10.8. The van der Waals surface area contributed by atoms with E-state index in [-0.39, 0.29) is 5.75 Å². The fourth-order valence-corrected chi connectivity index (χ4v) is 4.96. The minimum absolute atomic E-state index is 0.239. The average molecular weight is 384 g/mol. The van der Waals surface area contributed by atoms with Crippen LogP contribution in [0.1, 0.15) is 32.6 Å². The summed E-state index contributed by atoms with van der Waals surface area (Å²) in [6.07, 6.45) is 3.49. The van der Waals surface area contributed by atoms with Crippen molar-refractivity contribution < 1.29 is 18.4 Å². The van der Waals surface area contributed by atoms with Gasteiger partial charge in [-0.3, -0.25) is 10.0 Å². The van der Waals surface area contributed by atoms with Crippen LogP contribution in [0.2, 0.25) is 0 Å². The van der Waals surface area contributed by atoms with Crippen LogP contribution in [0.25, 0.3) is 0 Å². The van der Waals surface area contributed by atoms with Gasteiger partial charge in [-0.2, -0.15) is 4.31 Å². The monoisotopic (exact) mass is 383 g/mol. The van der Waals surface area contributed by atoms with Gasteiger partial charge in [0.15, 0.2) is 0 Å². The molecule has 2 rings (SSSR count). The molecule has 8 heteroatoms. The van der Waals surface area contributed by atoms with Crippen LogP contribution < -0.4 is 4.90 Å². The quantitative estimate of drug-likeness (QED) is 0.289. The number of anilines is 1. The highest BCUT2D eigenvalue weighted by atomic mass is 32.2. The number of unbranched alkanes of at least 4 members (excludes halogenated alkanes) is 2. The number of sulfonamides is 1. The third-order valence-electron chi connectivity index (χ3n) is 4.78. The number of benzene rings is 1. The molecule has 1 amide bonds. The van der Waals surface area contributed by atoms with Gasteiger partial charge in [-0.15, -0.1) is 0 Å². The number of nitrogens with zero attached hydrogens (tertiary/aromatic N) is 3. The van der Waals surface area contributed by atoms with Gasteiger partial charge in [-0.05, 0) is 18.6 Å². The largest absolute Gasteiger partial charge is 0.369 e. The van der Waals surface area contributed by atoms with Crippen molar-refractivity contribution in [3.8, 4) is 0 Å². The standard InChI is InChI=1S/C18H29N3O4S/c1-2-3-5-10-18(21(23)16-22)15-26(24,25)20-13-11-19(12-14-20)17-8-6-4-7-9-17/h4,6-9,16,18,23H,2-3,5,10-15H2,1H3. The number of piperazine rings is 1. The number of hydroxylamine groups is 2. The average Bonchev–Trinajstić information content (AvgIpc) is 2.67. The molecule has 1 saturated heterocycles. The lowest BCUT2D eigenvalue weighted by molar-refractivity contribution is -0.158. The predicted octanol–water partition coefficient (Wildman–Crippen LogP) is 1.93. The van der Waals surface area contributed by atoms with Crippen LogP contribution in [0.3, 0.4) is 0 Å². The summed E-state index contributed by atoms with van der Waals surface area (Å²) in [7, 11) is -3.53. The summed E-state index contributed by atoms with van der Waals surface area (Å²) < 4.78 is 27.0. The summed E-state index contributed by atoms with van der Waals surface area (Å²) in [6.45, 7) is 4.12. The summed E-state index contributed by atoms with van der Waals surface area (Å²) in [5.74, 6) is -0.239. The first-order valence-electron chi connectivity index (χ1n) is 9.18. The molecule has 0 bridgehead atoms. The molecule has 1 fully saturated rings. The van der Waals surface area contributed by atoms with E-state index >= 15 is 0 Å². The maximum atomic E-state index is 12.7. The number of carbonyl (C=O) groups excluding carboxylic acids is 1. The molecule has 7 nitrogen and oxygen atoms in total. The van der Waals surface area contributed by atoms with Crippen molar-refractivity contribution in [2.75, 3.05) is 36.8 Å². The first kappa shape index (κ1) is 20.7. The number of rotatable bonds is 10. The number of amides is 1. The third kappa shape index (κ3) is 5.69. The zero-order valence-corrected chi connectivity index (χ0v) is 16.1. The number of hydrogen-bond donors (Lipinski definition) is 1. The van der Waals surface area contributed by atoms with E-state index in [1.165, 1.54) is 4.31 Å². The Morgan fingerprint density at radius 2 is 1.81 bits per heavy atom. The Morgan fingerprint density at radius 1 is 1.15 bits per heavy atom. The Morgan fingerprint density at radius 3 is 2.38 bits per heavy atom. The van der Waals surface area contributed by atoms with Crippen LogP contribution in [0.4, 0.5) is 5.69 Å². The molecule has 1 aromatic carbocycles. The van der Waals surface area contributed by atoms with Crippen LogP contribution in [-0.4, -0.2) is 67.4 Å². The van der Waals surface area contributed by atoms with Crippen LogP contribution in [0.15, 0.2) is 30.3 Å². The topological polar surface area (TPSA) is 81.2 Å². The fraction of sp³-hybridized carbons (Fsp3) is 0.611. The lowest BCUT2D eigenvalue weighted by Crippen LogP contribution is -2.51. The second-order valence-corrected chi connectivity index (χ2v) is 8.65. The van der Waals surface area contributed by atoms with E-state index in [4.69, 9.17) is 0 Å². The van der Waals surface area contributed by atoms with Gasteiger partial charge in [-0.1, -0.05) is 44.4 Å². The fourth-order valence-electron chi connectivity index (χ4n) is 3.22. The third-order valence-corrected chi connectivity index (χ3v) is 6.74. The normalized spacial score (nSPS) is 17.1. The Kier molecular flexibility index (Phi) is 7.86. The minimum atomic E-state index is -3.53. The maximum absolute atomic E-state index is 12.7. The van der Waals surface area contributed by atoms with Crippen LogP contribution in [-0.2, 0) is 14.8 Å². The molecule has 1 atom stereocenters. The summed E-state index contributed by atoms with van der Waals surface area (Å²) in [6, 6.07) is 9.22. The molecule has 26 heavy (non-hydrogen) atoms. The highest BCUT2D eigenvalue weighted by Crippen LogP contribution is 2.19. The molecular weight excluding hydrogens is 354 g/mol. The lowest BCUT2D eigenvalue weighted by Gasteiger charge is -2.36. The van der Waals surface area contributed by atoms with E-state index in [2.05, 4.69) is 11.8 Å². The van der Waals surface area contributed by atoms with E-state index in [1.54, 1.807) is 0 Å². The van der Waals surface area contributed by atoms with Gasteiger partial charge in [0.2, 0.25) is 16.4 Å². The van der Waals surface area contributed by atoms with Gasteiger partial charge in [0, 0.05) is 31.9 Å². The van der Waals surface area contributed by atoms with Crippen LogP contribution in [0, 0.1) is 0 Å². The lowest BCUT2D eigenvalue weighted by atomic mass is 10.1. The zero-order chi connectivity index (χ0) is 19.0. The summed E-state index contributed by atoms with van der Waals surface area (Å²) in [5, 5.41) is 10.3. The molecular formula is C18H29N3O4S. The van der Waals surface area contributed by atoms with Crippen molar-refractivity contribution in [1.82, 2.24) is 9.37 Å². The Hall–Kier alpha value is -1.64. The highest BCUT2D eigenvalue weighted by Gasteiger charge is 2.31. The predicted molar refractivity (Wildman–Crippen MR) is 102 cm³/mol. The number of carbonyl (C=O) groups is 1. The molecule has 0 aromatic heterocycles. The summed E-state index contributed by atoms with van der Waals surface area (Å²) in [4.78, 5) is 13.1. The highest BCUT2D eigenvalue weighted by molar-refractivity contribution is 7.89. The minimum Gasteiger partial charge on any atom is -0.369 e. The van der Waals surface area contributed by atoms with Crippen molar-refractivity contribution in [2.24, 2.45) is 0 Å². The maximum Gasteiger partial charge on any atom is 0.233 e. The van der Waals surface area contributed by atoms with Crippen molar-refractivity contribution in [2.45, 2.75) is 38.6 Å². The van der Waals surface area contributed by atoms with Gasteiger partial charge in [0.1, 0.15) is 0 Å². The van der Waals surface area contributed by atoms with Gasteiger partial charge in [-0.25, -0.2) is 13.5 Å². The first-order chi connectivity index (χ1) is 12.5. The molecule has 1 N–H and O–H groups in total. The van der Waals surface area contributed by atoms with Crippen molar-refractivity contribution in [1.29, 1.82) is 0 Å². The van der Waals surface area contributed by atoms with E-state index in [0.717, 1.165) is 24.9 Å². The van der Waals surface area contributed by atoms with E-state index in [1.807, 2.05) is 30.3 Å². The smallest absolute Gasteiger partial charge is 0.233 e. The van der Waals surface area contributed by atoms with Crippen molar-refractivity contribution >= 4 is 22.1 Å². The Balaban J connectivity index is 1.95. The molecule has 146 valence electrons. The molecule has 1 aliphatic rings. The summed E-state index contributed by atoms with van der Waals surface area (Å²) >= 11 is 0. The molecule has 1 aromatic rings. The van der Waals surface area contributed by atoms with E-state index in [9.17, 15) is 18.4 Å². The molecule has 0 saturated carbocycles. The van der Waals surface area contributed by atoms with E-state index in [0.29, 0.717) is 44.1 Å². The van der Waals surface area contributed by atoms with Crippen LogP contribution >= 0.6 is 0 Å². The van der Waals surface area contributed by atoms with Gasteiger partial charge in [0.25, 0.3) is 0 Å². The SMILES string of the molecule is CCCCCC(CS(=O)(=O)N1CCN(c2ccccc2)CC1)N(O)C=O. The van der Waals surface area contributed by atoms with Gasteiger partial charge >= 0.3 is 0 Å². The number of para-hydroxylation sites is 1. The second-order valence-electron chi connectivity index (χ2n) is 6.64. The molecule has 0 spiro atoms. The van der Waals surface area contributed by atoms with E-state index < -0.39 is 16.1 Å². The van der Waals surface area contributed by atoms with Gasteiger partial charge in [0.05, 0.1) is 11.8 Å².